The van der Waals surface area contributed by atoms with E-state index < -0.39 is 0 Å². The lowest BCUT2D eigenvalue weighted by molar-refractivity contribution is 1.24. The average molecular weight is 348 g/mol. The molecule has 1 heterocycles. The molecule has 2 heteroatoms. The van der Waals surface area contributed by atoms with Gasteiger partial charge in [-0.2, -0.15) is 0 Å². The van der Waals surface area contributed by atoms with Crippen LogP contribution in [0, 0.1) is 0 Å². The van der Waals surface area contributed by atoms with Crippen LogP contribution in [0.25, 0.3) is 27.5 Å². The molecule has 0 aliphatic heterocycles. The minimum atomic E-state index is 0.974. The second-order valence-corrected chi connectivity index (χ2v) is 6.73. The van der Waals surface area contributed by atoms with Crippen LogP contribution < -0.4 is 5.32 Å². The van der Waals surface area contributed by atoms with Gasteiger partial charge in [0.15, 0.2) is 0 Å². The zero-order valence-electron chi connectivity index (χ0n) is 15.0. The molecule has 0 radical (unpaired) electrons. The smallest absolute Gasteiger partial charge is 0.0542 e. The molecule has 0 atom stereocenters. The Kier molecular flexibility index (Phi) is 3.87. The Bertz CT molecular complexity index is 1210. The van der Waals surface area contributed by atoms with Crippen LogP contribution in [-0.2, 0) is 0 Å². The Morgan fingerprint density at radius 3 is 2.44 bits per heavy atom. The van der Waals surface area contributed by atoms with Crippen molar-refractivity contribution in [2.45, 2.75) is 6.42 Å². The summed E-state index contributed by atoms with van der Waals surface area (Å²) in [6.45, 7) is 0. The maximum Gasteiger partial charge on any atom is 0.0542 e. The van der Waals surface area contributed by atoms with E-state index in [4.69, 9.17) is 0 Å². The van der Waals surface area contributed by atoms with Gasteiger partial charge in [0.2, 0.25) is 0 Å². The Morgan fingerprint density at radius 1 is 0.704 bits per heavy atom. The molecule has 1 aliphatic carbocycles. The van der Waals surface area contributed by atoms with Crippen molar-refractivity contribution >= 4 is 38.9 Å². The van der Waals surface area contributed by atoms with E-state index >= 15 is 0 Å². The fourth-order valence-electron chi connectivity index (χ4n) is 3.73. The third-order valence-corrected chi connectivity index (χ3v) is 4.96. The standard InChI is InChI=1S/C25H20N2/c1-2-7-13-21(12-6-1)27-24-15-9-8-14-22(24)23-18-20(16-17-25(23)27)26-19-10-4-3-5-11-19/h1,3-18,26H,2H2. The molecule has 0 amide bonds. The molecule has 0 saturated heterocycles. The van der Waals surface area contributed by atoms with Crippen LogP contribution in [0.2, 0.25) is 0 Å². The van der Waals surface area contributed by atoms with E-state index in [1.807, 2.05) is 18.2 Å². The molecule has 1 aromatic heterocycles. The second kappa shape index (κ2) is 6.65. The van der Waals surface area contributed by atoms with Gasteiger partial charge in [-0.1, -0.05) is 54.6 Å². The van der Waals surface area contributed by atoms with Crippen molar-refractivity contribution in [2.24, 2.45) is 0 Å². The molecule has 27 heavy (non-hydrogen) atoms. The Labute approximate surface area is 158 Å². The molecule has 2 nitrogen and oxygen atoms in total. The lowest BCUT2D eigenvalue weighted by atomic mass is 10.1. The minimum Gasteiger partial charge on any atom is -0.356 e. The van der Waals surface area contributed by atoms with Crippen molar-refractivity contribution in [3.05, 3.63) is 103 Å². The third-order valence-electron chi connectivity index (χ3n) is 4.96. The number of para-hydroxylation sites is 2. The first-order valence-corrected chi connectivity index (χ1v) is 9.29. The van der Waals surface area contributed by atoms with Gasteiger partial charge >= 0.3 is 0 Å². The van der Waals surface area contributed by atoms with Gasteiger partial charge in [-0.3, -0.25) is 0 Å². The van der Waals surface area contributed by atoms with Gasteiger partial charge in [0.1, 0.15) is 0 Å². The summed E-state index contributed by atoms with van der Waals surface area (Å²) < 4.78 is 2.35. The number of fused-ring (bicyclic) bond motifs is 3. The highest BCUT2D eigenvalue weighted by Crippen LogP contribution is 2.34. The summed E-state index contributed by atoms with van der Waals surface area (Å²) in [5, 5.41) is 6.04. The van der Waals surface area contributed by atoms with Crippen LogP contribution in [0.4, 0.5) is 11.4 Å². The number of nitrogens with zero attached hydrogens (tertiary/aromatic N) is 1. The molecule has 0 bridgehead atoms. The van der Waals surface area contributed by atoms with Gasteiger partial charge in [0, 0.05) is 27.8 Å². The van der Waals surface area contributed by atoms with Crippen molar-refractivity contribution in [1.82, 2.24) is 4.57 Å². The van der Waals surface area contributed by atoms with E-state index in [0.29, 0.717) is 0 Å². The number of allylic oxidation sites excluding steroid dienone is 6. The predicted molar refractivity (Wildman–Crippen MR) is 116 cm³/mol. The van der Waals surface area contributed by atoms with E-state index in [1.165, 1.54) is 27.5 Å². The van der Waals surface area contributed by atoms with Gasteiger partial charge in [-0.15, -0.1) is 0 Å². The minimum absolute atomic E-state index is 0.974. The van der Waals surface area contributed by atoms with E-state index in [2.05, 4.69) is 94.9 Å². The van der Waals surface area contributed by atoms with Crippen molar-refractivity contribution < 1.29 is 0 Å². The highest BCUT2D eigenvalue weighted by molar-refractivity contribution is 6.11. The van der Waals surface area contributed by atoms with Crippen LogP contribution in [0.1, 0.15) is 6.42 Å². The van der Waals surface area contributed by atoms with Crippen LogP contribution >= 0.6 is 0 Å². The van der Waals surface area contributed by atoms with Gasteiger partial charge < -0.3 is 9.88 Å². The van der Waals surface area contributed by atoms with Crippen LogP contribution in [0.15, 0.2) is 103 Å². The third kappa shape index (κ3) is 2.85. The van der Waals surface area contributed by atoms with E-state index in [9.17, 15) is 0 Å². The van der Waals surface area contributed by atoms with Gasteiger partial charge in [-0.05, 0) is 55.0 Å². The zero-order chi connectivity index (χ0) is 18.1. The first-order valence-electron chi connectivity index (χ1n) is 9.29. The van der Waals surface area contributed by atoms with Crippen molar-refractivity contribution in [2.75, 3.05) is 5.32 Å². The Balaban J connectivity index is 1.71. The zero-order valence-corrected chi connectivity index (χ0v) is 15.0. The van der Waals surface area contributed by atoms with Crippen molar-refractivity contribution in [3.8, 4) is 0 Å². The topological polar surface area (TPSA) is 17.0 Å². The molecule has 4 aromatic rings. The summed E-state index contributed by atoms with van der Waals surface area (Å²) in [6, 6.07) is 25.5. The van der Waals surface area contributed by atoms with Crippen LogP contribution in [-0.4, -0.2) is 4.57 Å². The molecule has 3 aromatic carbocycles. The number of nitrogens with one attached hydrogen (secondary N) is 1. The molecule has 1 aliphatic rings. The lowest BCUT2D eigenvalue weighted by Crippen LogP contribution is -1.94. The van der Waals surface area contributed by atoms with Gasteiger partial charge in [0.05, 0.1) is 11.0 Å². The van der Waals surface area contributed by atoms with Crippen molar-refractivity contribution in [3.63, 3.8) is 0 Å². The summed E-state index contributed by atoms with van der Waals surface area (Å²) >= 11 is 0. The molecular formula is C25H20N2. The summed E-state index contributed by atoms with van der Waals surface area (Å²) in [6.07, 6.45) is 11.9. The maximum atomic E-state index is 3.51. The summed E-state index contributed by atoms with van der Waals surface area (Å²) in [5.74, 6) is 0. The molecule has 0 saturated carbocycles. The average Bonchev–Trinajstić information content (AvgIpc) is 2.85. The first kappa shape index (κ1) is 15.7. The van der Waals surface area contributed by atoms with Crippen LogP contribution in [0.3, 0.4) is 0 Å². The van der Waals surface area contributed by atoms with E-state index in [-0.39, 0.29) is 0 Å². The largest absolute Gasteiger partial charge is 0.356 e. The summed E-state index contributed by atoms with van der Waals surface area (Å²) in [5.41, 5.74) is 5.84. The van der Waals surface area contributed by atoms with E-state index in [1.54, 1.807) is 0 Å². The number of benzene rings is 3. The van der Waals surface area contributed by atoms with Crippen LogP contribution in [0.5, 0.6) is 0 Å². The number of anilines is 2. The monoisotopic (exact) mass is 348 g/mol. The normalized spacial score (nSPS) is 13.7. The fraction of sp³-hybridized carbons (Fsp3) is 0.0400. The predicted octanol–water partition coefficient (Wildman–Crippen LogP) is 6.90. The summed E-state index contributed by atoms with van der Waals surface area (Å²) in [4.78, 5) is 0. The molecule has 0 unspecified atom stereocenters. The second-order valence-electron chi connectivity index (χ2n) is 6.73. The maximum absolute atomic E-state index is 3.51. The molecule has 130 valence electrons. The fourth-order valence-corrected chi connectivity index (χ4v) is 3.73. The van der Waals surface area contributed by atoms with Gasteiger partial charge in [0.25, 0.3) is 0 Å². The first-order chi connectivity index (χ1) is 13.4. The van der Waals surface area contributed by atoms with Crippen molar-refractivity contribution in [1.29, 1.82) is 0 Å². The number of rotatable bonds is 3. The van der Waals surface area contributed by atoms with E-state index in [0.717, 1.165) is 17.8 Å². The highest BCUT2D eigenvalue weighted by atomic mass is 15.0. The van der Waals surface area contributed by atoms with Gasteiger partial charge in [-0.25, -0.2) is 0 Å². The highest BCUT2D eigenvalue weighted by Gasteiger charge is 2.13. The molecule has 0 spiro atoms. The lowest BCUT2D eigenvalue weighted by Gasteiger charge is -2.09. The molecule has 5 rings (SSSR count). The Hall–Kier alpha value is -3.52. The molecule has 1 N–H and O–H groups in total. The number of aromatic nitrogens is 1. The molecule has 0 fully saturated rings. The number of hydrogen-bond donors (Lipinski definition) is 1. The molecular weight excluding hydrogens is 328 g/mol. The SMILES string of the molecule is C1=CCC=CC(n2c3ccccc3c3cc(Nc4ccccc4)ccc32)=C1. The Morgan fingerprint density at radius 2 is 1.52 bits per heavy atom. The quantitative estimate of drug-likeness (QED) is 0.426. The summed E-state index contributed by atoms with van der Waals surface area (Å²) in [7, 11) is 0. The number of hydrogen-bond acceptors (Lipinski definition) is 1.